The van der Waals surface area contributed by atoms with E-state index >= 15 is 0 Å². The maximum absolute atomic E-state index is 13.0. The summed E-state index contributed by atoms with van der Waals surface area (Å²) in [4.78, 5) is 25.0. The molecule has 11 nitrogen and oxygen atoms in total. The number of rotatable bonds is 60. The summed E-state index contributed by atoms with van der Waals surface area (Å²) < 4.78 is 16.7. The van der Waals surface area contributed by atoms with Crippen LogP contribution in [0.2, 0.25) is 0 Å². The van der Waals surface area contributed by atoms with Crippen molar-refractivity contribution in [3.8, 4) is 0 Å². The number of unbranched alkanes of at least 4 members (excludes halogenated alkanes) is 44. The van der Waals surface area contributed by atoms with Crippen molar-refractivity contribution in [3.05, 3.63) is 24.3 Å². The minimum absolute atomic E-state index is 0.00981. The van der Waals surface area contributed by atoms with Crippen LogP contribution in [0.5, 0.6) is 0 Å². The fourth-order valence-corrected chi connectivity index (χ4v) is 10.9. The summed E-state index contributed by atoms with van der Waals surface area (Å²) >= 11 is 0. The number of nitrogens with one attached hydrogen (secondary N) is 1. The molecular weight excluding hydrogens is 991 g/mol. The van der Waals surface area contributed by atoms with Gasteiger partial charge < -0.3 is 45.1 Å². The van der Waals surface area contributed by atoms with E-state index in [4.69, 9.17) is 14.2 Å². The van der Waals surface area contributed by atoms with E-state index in [1.54, 1.807) is 6.08 Å². The highest BCUT2D eigenvalue weighted by Crippen LogP contribution is 2.23. The van der Waals surface area contributed by atoms with Crippen molar-refractivity contribution in [1.29, 1.82) is 0 Å². The van der Waals surface area contributed by atoms with Crippen LogP contribution in [0.3, 0.4) is 0 Å². The number of allylic oxidation sites excluding steroid dienone is 3. The second-order valence-corrected chi connectivity index (χ2v) is 23.9. The molecule has 1 aliphatic heterocycles. The van der Waals surface area contributed by atoms with E-state index in [0.29, 0.717) is 19.4 Å². The molecule has 1 fully saturated rings. The van der Waals surface area contributed by atoms with Gasteiger partial charge >= 0.3 is 5.97 Å². The largest absolute Gasteiger partial charge is 0.466 e. The Balaban J connectivity index is 1.93. The quantitative estimate of drug-likeness (QED) is 0.0195. The third-order valence-electron chi connectivity index (χ3n) is 16.3. The number of hydrogen-bond acceptors (Lipinski definition) is 10. The molecule has 0 aliphatic carbocycles. The van der Waals surface area contributed by atoms with Gasteiger partial charge in [0.05, 0.1) is 32.0 Å². The molecule has 7 unspecified atom stereocenters. The number of carbonyl (C=O) groups is 2. The Morgan fingerprint density at radius 2 is 0.810 bits per heavy atom. The van der Waals surface area contributed by atoms with E-state index in [9.17, 15) is 35.1 Å². The average molecular weight is 1120 g/mol. The highest BCUT2D eigenvalue weighted by molar-refractivity contribution is 5.76. The summed E-state index contributed by atoms with van der Waals surface area (Å²) in [5.41, 5.74) is 0. The first-order valence-electron chi connectivity index (χ1n) is 34.1. The predicted molar refractivity (Wildman–Crippen MR) is 329 cm³/mol. The van der Waals surface area contributed by atoms with Crippen LogP contribution >= 0.6 is 0 Å². The molecule has 79 heavy (non-hydrogen) atoms. The highest BCUT2D eigenvalue weighted by atomic mass is 16.7. The number of aliphatic hydroxyl groups excluding tert-OH is 5. The standard InChI is InChI=1S/C68H129NO10/c1-3-5-7-9-11-13-14-36-40-44-48-52-56-64(73)77-57-53-49-45-41-37-34-32-30-28-26-24-22-20-18-16-15-17-19-21-23-25-27-29-31-33-35-39-43-47-51-55-63(72)69-60(61(71)54-50-46-42-38-12-10-8-6-4-2)59-78-68-67(76)66(75)65(74)62(58-70)79-68/h16,18,50,54,60-62,65-68,70-71,74-76H,3-15,17,19-49,51-53,55-59H2,1-2H3,(H,69,72)/b18-16-,54-50+. The number of esters is 1. The Hall–Kier alpha value is -1.86. The molecule has 0 bridgehead atoms. The molecule has 0 saturated carbocycles. The summed E-state index contributed by atoms with van der Waals surface area (Å²) in [7, 11) is 0. The summed E-state index contributed by atoms with van der Waals surface area (Å²) in [5, 5.41) is 54.3. The summed E-state index contributed by atoms with van der Waals surface area (Å²) in [6, 6.07) is -0.807. The van der Waals surface area contributed by atoms with Crippen LogP contribution < -0.4 is 5.32 Å². The van der Waals surface area contributed by atoms with Gasteiger partial charge in [0.25, 0.3) is 0 Å². The maximum atomic E-state index is 13.0. The topological polar surface area (TPSA) is 175 Å². The zero-order valence-electron chi connectivity index (χ0n) is 51.6. The van der Waals surface area contributed by atoms with Crippen molar-refractivity contribution in [2.24, 2.45) is 0 Å². The molecule has 7 atom stereocenters. The van der Waals surface area contributed by atoms with E-state index in [0.717, 1.165) is 51.4 Å². The van der Waals surface area contributed by atoms with E-state index in [-0.39, 0.29) is 18.5 Å². The second kappa shape index (κ2) is 57.9. The van der Waals surface area contributed by atoms with Gasteiger partial charge in [-0.05, 0) is 57.8 Å². The first kappa shape index (κ1) is 75.2. The number of hydrogen-bond donors (Lipinski definition) is 6. The van der Waals surface area contributed by atoms with Crippen LogP contribution in [0.1, 0.15) is 335 Å². The van der Waals surface area contributed by atoms with Crippen molar-refractivity contribution >= 4 is 11.9 Å². The van der Waals surface area contributed by atoms with E-state index in [1.807, 2.05) is 6.08 Å². The zero-order chi connectivity index (χ0) is 57.3. The normalized spacial score (nSPS) is 18.5. The van der Waals surface area contributed by atoms with Crippen molar-refractivity contribution in [1.82, 2.24) is 5.32 Å². The van der Waals surface area contributed by atoms with Gasteiger partial charge in [-0.1, -0.05) is 289 Å². The molecular formula is C68H129NO10. The lowest BCUT2D eigenvalue weighted by atomic mass is 9.99. The van der Waals surface area contributed by atoms with Gasteiger partial charge in [0.15, 0.2) is 6.29 Å². The summed E-state index contributed by atoms with van der Waals surface area (Å²) in [6.45, 7) is 4.34. The first-order chi connectivity index (χ1) is 38.7. The Kier molecular flexibility index (Phi) is 55.1. The van der Waals surface area contributed by atoms with Gasteiger partial charge in [0.2, 0.25) is 5.91 Å². The monoisotopic (exact) mass is 1120 g/mol. The molecule has 0 spiro atoms. The second-order valence-electron chi connectivity index (χ2n) is 23.9. The zero-order valence-corrected chi connectivity index (χ0v) is 51.6. The maximum Gasteiger partial charge on any atom is 0.305 e. The number of amides is 1. The van der Waals surface area contributed by atoms with Gasteiger partial charge in [-0.15, -0.1) is 0 Å². The Labute approximate surface area is 486 Å². The van der Waals surface area contributed by atoms with Crippen LogP contribution in [0.4, 0.5) is 0 Å². The molecule has 0 aromatic rings. The lowest BCUT2D eigenvalue weighted by Gasteiger charge is -2.40. The van der Waals surface area contributed by atoms with Crippen molar-refractivity contribution < 1.29 is 49.3 Å². The lowest BCUT2D eigenvalue weighted by molar-refractivity contribution is -0.302. The van der Waals surface area contributed by atoms with Crippen molar-refractivity contribution in [3.63, 3.8) is 0 Å². The molecule has 1 heterocycles. The Bertz CT molecular complexity index is 1360. The number of ether oxygens (including phenoxy) is 3. The molecule has 1 rings (SSSR count). The van der Waals surface area contributed by atoms with E-state index in [1.165, 1.54) is 257 Å². The molecule has 466 valence electrons. The Morgan fingerprint density at radius 1 is 0.456 bits per heavy atom. The van der Waals surface area contributed by atoms with Gasteiger partial charge in [0.1, 0.15) is 24.4 Å². The third kappa shape index (κ3) is 47.2. The third-order valence-corrected chi connectivity index (χ3v) is 16.3. The fraction of sp³-hybridized carbons (Fsp3) is 0.912. The minimum atomic E-state index is -1.57. The first-order valence-corrected chi connectivity index (χ1v) is 34.1. The predicted octanol–water partition coefficient (Wildman–Crippen LogP) is 16.8. The molecule has 6 N–H and O–H groups in total. The number of carbonyl (C=O) groups excluding carboxylic acids is 2. The molecule has 0 radical (unpaired) electrons. The smallest absolute Gasteiger partial charge is 0.305 e. The molecule has 1 amide bonds. The molecule has 1 aliphatic rings. The van der Waals surface area contributed by atoms with Crippen molar-refractivity contribution in [2.75, 3.05) is 19.8 Å². The fourth-order valence-electron chi connectivity index (χ4n) is 10.9. The van der Waals surface area contributed by atoms with Gasteiger partial charge in [-0.25, -0.2) is 0 Å². The molecule has 11 heteroatoms. The number of aliphatic hydroxyl groups is 5. The molecule has 1 saturated heterocycles. The van der Waals surface area contributed by atoms with Gasteiger partial charge in [0, 0.05) is 12.8 Å². The van der Waals surface area contributed by atoms with E-state index < -0.39 is 49.5 Å². The van der Waals surface area contributed by atoms with Gasteiger partial charge in [-0.2, -0.15) is 0 Å². The van der Waals surface area contributed by atoms with Crippen LogP contribution in [-0.2, 0) is 23.8 Å². The van der Waals surface area contributed by atoms with Crippen LogP contribution in [-0.4, -0.2) is 100 Å². The van der Waals surface area contributed by atoms with Crippen molar-refractivity contribution in [2.45, 2.75) is 378 Å². The van der Waals surface area contributed by atoms with E-state index in [2.05, 4.69) is 31.3 Å². The summed E-state index contributed by atoms with van der Waals surface area (Å²) in [5.74, 6) is -0.171. The average Bonchev–Trinajstić information content (AvgIpc) is 3.46. The van der Waals surface area contributed by atoms with Crippen LogP contribution in [0.15, 0.2) is 24.3 Å². The summed E-state index contributed by atoms with van der Waals surface area (Å²) in [6.07, 6.45) is 61.8. The Morgan fingerprint density at radius 3 is 1.22 bits per heavy atom. The SMILES string of the molecule is CCCCCCCCC/C=C/C(O)C(COC1OC(CO)C(O)C(O)C1O)NC(=O)CCCCCCCCCCCCCCCC/C=C\CCCCCCCCCCCCCCOC(=O)CCCCCCCCCCCCCC. The highest BCUT2D eigenvalue weighted by Gasteiger charge is 2.44. The minimum Gasteiger partial charge on any atom is -0.466 e. The lowest BCUT2D eigenvalue weighted by Crippen LogP contribution is -2.60. The van der Waals surface area contributed by atoms with Gasteiger partial charge in [-0.3, -0.25) is 9.59 Å². The molecule has 0 aromatic heterocycles. The van der Waals surface area contributed by atoms with Crippen LogP contribution in [0.25, 0.3) is 0 Å². The van der Waals surface area contributed by atoms with Crippen LogP contribution in [0, 0.1) is 0 Å². The molecule has 0 aromatic carbocycles.